The summed E-state index contributed by atoms with van der Waals surface area (Å²) in [7, 11) is 1.75. The lowest BCUT2D eigenvalue weighted by Gasteiger charge is -2.33. The van der Waals surface area contributed by atoms with Crippen molar-refractivity contribution >= 4 is 21.4 Å². The van der Waals surface area contributed by atoms with Crippen LogP contribution in [0.3, 0.4) is 0 Å². The van der Waals surface area contributed by atoms with Crippen molar-refractivity contribution in [2.24, 2.45) is 5.73 Å². The Hall–Kier alpha value is -0.900. The zero-order chi connectivity index (χ0) is 13.2. The number of rotatable bonds is 5. The van der Waals surface area contributed by atoms with Crippen LogP contribution in [0.2, 0.25) is 0 Å². The molecule has 2 N–H and O–H groups in total. The van der Waals surface area contributed by atoms with E-state index in [0.717, 1.165) is 12.8 Å². The smallest absolute Gasteiger partial charge is 0.0801 e. The molecule has 1 heterocycles. The number of hydrogen-bond donors (Lipinski definition) is 1. The van der Waals surface area contributed by atoms with Crippen LogP contribution in [0.15, 0.2) is 29.6 Å². The van der Waals surface area contributed by atoms with E-state index in [1.807, 2.05) is 0 Å². The van der Waals surface area contributed by atoms with Crippen molar-refractivity contribution in [1.29, 1.82) is 0 Å². The molecule has 2 unspecified atom stereocenters. The monoisotopic (exact) mass is 263 g/mol. The van der Waals surface area contributed by atoms with E-state index in [0.29, 0.717) is 0 Å². The summed E-state index contributed by atoms with van der Waals surface area (Å²) in [6, 6.07) is 8.51. The standard InChI is InChI=1S/C15H21NOS/c1-4-15(2,17-3)14(16)9-11-10-18-13-8-6-5-7-12(11)13/h5-8,10,14H,4,9,16H2,1-3H3. The molecule has 0 saturated carbocycles. The molecule has 2 nitrogen and oxygen atoms in total. The zero-order valence-electron chi connectivity index (χ0n) is 11.3. The maximum atomic E-state index is 6.34. The lowest BCUT2D eigenvalue weighted by atomic mass is 9.89. The van der Waals surface area contributed by atoms with Crippen LogP contribution in [0.1, 0.15) is 25.8 Å². The number of thiophene rings is 1. The molecule has 0 fully saturated rings. The Morgan fingerprint density at radius 3 is 2.78 bits per heavy atom. The van der Waals surface area contributed by atoms with Gasteiger partial charge in [0.15, 0.2) is 0 Å². The molecule has 2 atom stereocenters. The summed E-state index contributed by atoms with van der Waals surface area (Å²) in [5, 5.41) is 3.54. The lowest BCUT2D eigenvalue weighted by Crippen LogP contribution is -2.48. The Bertz CT molecular complexity index is 516. The minimum atomic E-state index is -0.247. The molecule has 2 aromatic rings. The highest BCUT2D eigenvalue weighted by Crippen LogP contribution is 2.29. The van der Waals surface area contributed by atoms with Gasteiger partial charge in [0.1, 0.15) is 0 Å². The first-order chi connectivity index (χ1) is 8.60. The first-order valence-corrected chi connectivity index (χ1v) is 7.24. The van der Waals surface area contributed by atoms with Crippen molar-refractivity contribution in [2.45, 2.75) is 38.3 Å². The Kier molecular flexibility index (Phi) is 4.05. The quantitative estimate of drug-likeness (QED) is 0.894. The van der Waals surface area contributed by atoms with Crippen LogP contribution in [0.25, 0.3) is 10.1 Å². The molecule has 0 aliphatic carbocycles. The van der Waals surface area contributed by atoms with Gasteiger partial charge in [-0.2, -0.15) is 0 Å². The number of hydrogen-bond acceptors (Lipinski definition) is 3. The molecule has 3 heteroatoms. The van der Waals surface area contributed by atoms with Crippen LogP contribution in [0.4, 0.5) is 0 Å². The summed E-state index contributed by atoms with van der Waals surface area (Å²) in [6.07, 6.45) is 1.79. The number of nitrogens with two attached hydrogens (primary N) is 1. The molecule has 0 spiro atoms. The first kappa shape index (κ1) is 13.5. The Labute approximate surface area is 113 Å². The molecule has 0 amide bonds. The zero-order valence-corrected chi connectivity index (χ0v) is 12.1. The first-order valence-electron chi connectivity index (χ1n) is 6.36. The fraction of sp³-hybridized carbons (Fsp3) is 0.467. The van der Waals surface area contributed by atoms with Crippen molar-refractivity contribution in [1.82, 2.24) is 0 Å². The third-order valence-electron chi connectivity index (χ3n) is 3.95. The number of ether oxygens (including phenoxy) is 1. The molecule has 18 heavy (non-hydrogen) atoms. The second-order valence-electron chi connectivity index (χ2n) is 4.94. The van der Waals surface area contributed by atoms with Crippen molar-refractivity contribution in [3.8, 4) is 0 Å². The van der Waals surface area contributed by atoms with E-state index in [-0.39, 0.29) is 11.6 Å². The Balaban J connectivity index is 2.24. The molecule has 0 saturated heterocycles. The minimum absolute atomic E-state index is 0.0190. The van der Waals surface area contributed by atoms with Crippen LogP contribution in [-0.2, 0) is 11.2 Å². The van der Waals surface area contributed by atoms with Crippen LogP contribution in [-0.4, -0.2) is 18.8 Å². The normalized spacial score (nSPS) is 16.7. The predicted molar refractivity (Wildman–Crippen MR) is 79.2 cm³/mol. The highest BCUT2D eigenvalue weighted by atomic mass is 32.1. The summed E-state index contributed by atoms with van der Waals surface area (Å²) in [5.74, 6) is 0. The predicted octanol–water partition coefficient (Wildman–Crippen LogP) is 3.59. The van der Waals surface area contributed by atoms with Gasteiger partial charge in [-0.3, -0.25) is 0 Å². The van der Waals surface area contributed by atoms with Gasteiger partial charge < -0.3 is 10.5 Å². The van der Waals surface area contributed by atoms with Crippen molar-refractivity contribution in [3.05, 3.63) is 35.2 Å². The molecule has 98 valence electrons. The third-order valence-corrected chi connectivity index (χ3v) is 4.97. The highest BCUT2D eigenvalue weighted by molar-refractivity contribution is 7.17. The van der Waals surface area contributed by atoms with Crippen LogP contribution in [0, 0.1) is 0 Å². The Morgan fingerprint density at radius 1 is 1.39 bits per heavy atom. The van der Waals surface area contributed by atoms with Crippen LogP contribution in [0.5, 0.6) is 0 Å². The van der Waals surface area contributed by atoms with Crippen molar-refractivity contribution < 1.29 is 4.74 Å². The largest absolute Gasteiger partial charge is 0.377 e. The van der Waals surface area contributed by atoms with Gasteiger partial charge in [-0.05, 0) is 42.2 Å². The van der Waals surface area contributed by atoms with Crippen LogP contribution >= 0.6 is 11.3 Å². The summed E-state index contributed by atoms with van der Waals surface area (Å²) >= 11 is 1.79. The summed E-state index contributed by atoms with van der Waals surface area (Å²) in [6.45, 7) is 4.21. The second-order valence-corrected chi connectivity index (χ2v) is 5.85. The number of methoxy groups -OCH3 is 1. The molecule has 0 aliphatic heterocycles. The van der Waals surface area contributed by atoms with E-state index in [1.165, 1.54) is 15.6 Å². The SMILES string of the molecule is CCC(C)(OC)C(N)Cc1csc2ccccc12. The van der Waals surface area contributed by atoms with Crippen molar-refractivity contribution in [3.63, 3.8) is 0 Å². The molecule has 1 aromatic heterocycles. The fourth-order valence-corrected chi connectivity index (χ4v) is 3.18. The van der Waals surface area contributed by atoms with E-state index < -0.39 is 0 Å². The van der Waals surface area contributed by atoms with Gasteiger partial charge in [-0.25, -0.2) is 0 Å². The number of benzene rings is 1. The summed E-state index contributed by atoms with van der Waals surface area (Å²) in [5.41, 5.74) is 7.42. The molecular formula is C15H21NOS. The molecule has 2 rings (SSSR count). The van der Waals surface area contributed by atoms with Gasteiger partial charge >= 0.3 is 0 Å². The van der Waals surface area contributed by atoms with E-state index in [1.54, 1.807) is 18.4 Å². The molecular weight excluding hydrogens is 242 g/mol. The maximum Gasteiger partial charge on any atom is 0.0801 e. The number of fused-ring (bicyclic) bond motifs is 1. The third kappa shape index (κ3) is 2.44. The summed E-state index contributed by atoms with van der Waals surface area (Å²) < 4.78 is 6.92. The van der Waals surface area contributed by atoms with E-state index in [4.69, 9.17) is 10.5 Å². The van der Waals surface area contributed by atoms with Crippen LogP contribution < -0.4 is 5.73 Å². The van der Waals surface area contributed by atoms with Gasteiger partial charge in [-0.1, -0.05) is 25.1 Å². The van der Waals surface area contributed by atoms with E-state index in [2.05, 4.69) is 43.5 Å². The highest BCUT2D eigenvalue weighted by Gasteiger charge is 2.30. The average Bonchev–Trinajstić information content (AvgIpc) is 2.81. The lowest BCUT2D eigenvalue weighted by molar-refractivity contribution is -0.0183. The van der Waals surface area contributed by atoms with Gasteiger partial charge in [-0.15, -0.1) is 11.3 Å². The maximum absolute atomic E-state index is 6.34. The minimum Gasteiger partial charge on any atom is -0.377 e. The van der Waals surface area contributed by atoms with Gasteiger partial charge in [0, 0.05) is 17.9 Å². The van der Waals surface area contributed by atoms with E-state index >= 15 is 0 Å². The molecule has 0 radical (unpaired) electrons. The molecule has 0 aliphatic rings. The van der Waals surface area contributed by atoms with Gasteiger partial charge in [0.05, 0.1) is 5.60 Å². The summed E-state index contributed by atoms with van der Waals surface area (Å²) in [4.78, 5) is 0. The van der Waals surface area contributed by atoms with Gasteiger partial charge in [0.25, 0.3) is 0 Å². The fourth-order valence-electron chi connectivity index (χ4n) is 2.20. The molecule has 0 bridgehead atoms. The topological polar surface area (TPSA) is 35.2 Å². The molecule has 1 aromatic carbocycles. The van der Waals surface area contributed by atoms with Crippen molar-refractivity contribution in [2.75, 3.05) is 7.11 Å². The van der Waals surface area contributed by atoms with Gasteiger partial charge in [0.2, 0.25) is 0 Å². The Morgan fingerprint density at radius 2 is 2.11 bits per heavy atom. The average molecular weight is 263 g/mol. The van der Waals surface area contributed by atoms with E-state index in [9.17, 15) is 0 Å². The second kappa shape index (κ2) is 5.39.